The maximum absolute atomic E-state index is 5.72. The van der Waals surface area contributed by atoms with Crippen LogP contribution in [0.2, 0.25) is 0 Å². The van der Waals surface area contributed by atoms with Crippen molar-refractivity contribution in [3.8, 4) is 0 Å². The van der Waals surface area contributed by atoms with Crippen LogP contribution < -0.4 is 5.32 Å². The minimum atomic E-state index is 0.426. The fourth-order valence-electron chi connectivity index (χ4n) is 3.31. The van der Waals surface area contributed by atoms with Crippen LogP contribution in [0.25, 0.3) is 0 Å². The molecular weight excluding hydrogens is 250 g/mol. The van der Waals surface area contributed by atoms with Crippen LogP contribution in [0.5, 0.6) is 0 Å². The smallest absolute Gasteiger partial charge is 0.0644 e. The van der Waals surface area contributed by atoms with Gasteiger partial charge in [-0.2, -0.15) is 5.10 Å². The summed E-state index contributed by atoms with van der Waals surface area (Å²) >= 11 is 0. The van der Waals surface area contributed by atoms with Crippen molar-refractivity contribution in [2.45, 2.75) is 65.0 Å². The molecule has 0 amide bonds. The van der Waals surface area contributed by atoms with Gasteiger partial charge in [-0.25, -0.2) is 0 Å². The molecule has 1 N–H and O–H groups in total. The number of aryl methyl sites for hydroxylation is 2. The first kappa shape index (κ1) is 15.5. The Morgan fingerprint density at radius 3 is 2.80 bits per heavy atom. The number of ether oxygens (including phenoxy) is 1. The van der Waals surface area contributed by atoms with Crippen LogP contribution in [0, 0.1) is 13.8 Å². The van der Waals surface area contributed by atoms with Gasteiger partial charge in [0, 0.05) is 31.0 Å². The topological polar surface area (TPSA) is 39.1 Å². The molecule has 2 atom stereocenters. The standard InChI is InChI=1S/C16H29N3O/c1-5-17-15(10-6-8-14-9-7-11-20-14)16-12(2)18-19(4)13(16)3/h14-15,17H,5-11H2,1-4H3. The molecule has 1 aromatic heterocycles. The monoisotopic (exact) mass is 279 g/mol. The highest BCUT2D eigenvalue weighted by Crippen LogP contribution is 2.27. The Labute approximate surface area is 122 Å². The summed E-state index contributed by atoms with van der Waals surface area (Å²) in [6.45, 7) is 8.42. The second kappa shape index (κ2) is 7.23. The summed E-state index contributed by atoms with van der Waals surface area (Å²) in [5.74, 6) is 0. The predicted octanol–water partition coefficient (Wildman–Crippen LogP) is 3.04. The van der Waals surface area contributed by atoms with E-state index in [0.717, 1.165) is 18.8 Å². The first-order valence-electron chi connectivity index (χ1n) is 7.98. The molecule has 1 fully saturated rings. The van der Waals surface area contributed by atoms with Crippen molar-refractivity contribution in [1.82, 2.24) is 15.1 Å². The van der Waals surface area contributed by atoms with E-state index in [1.807, 2.05) is 11.7 Å². The lowest BCUT2D eigenvalue weighted by molar-refractivity contribution is 0.101. The van der Waals surface area contributed by atoms with E-state index in [4.69, 9.17) is 4.74 Å². The maximum Gasteiger partial charge on any atom is 0.0644 e. The van der Waals surface area contributed by atoms with Crippen LogP contribution in [-0.2, 0) is 11.8 Å². The fraction of sp³-hybridized carbons (Fsp3) is 0.812. The van der Waals surface area contributed by atoms with Gasteiger partial charge in [0.1, 0.15) is 0 Å². The molecule has 0 spiro atoms. The van der Waals surface area contributed by atoms with E-state index in [9.17, 15) is 0 Å². The van der Waals surface area contributed by atoms with Crippen molar-refractivity contribution >= 4 is 0 Å². The zero-order chi connectivity index (χ0) is 14.5. The van der Waals surface area contributed by atoms with E-state index < -0.39 is 0 Å². The quantitative estimate of drug-likeness (QED) is 0.834. The van der Waals surface area contributed by atoms with Crippen molar-refractivity contribution in [2.24, 2.45) is 7.05 Å². The van der Waals surface area contributed by atoms with Gasteiger partial charge in [0.05, 0.1) is 11.8 Å². The lowest BCUT2D eigenvalue weighted by Crippen LogP contribution is -2.22. The van der Waals surface area contributed by atoms with Crippen LogP contribution in [-0.4, -0.2) is 29.0 Å². The first-order valence-corrected chi connectivity index (χ1v) is 7.98. The molecule has 1 aliphatic rings. The molecule has 114 valence electrons. The summed E-state index contributed by atoms with van der Waals surface area (Å²) in [5.41, 5.74) is 3.83. The average Bonchev–Trinajstić information content (AvgIpc) is 2.99. The van der Waals surface area contributed by atoms with Crippen molar-refractivity contribution < 1.29 is 4.74 Å². The number of hydrogen-bond donors (Lipinski definition) is 1. The summed E-state index contributed by atoms with van der Waals surface area (Å²) in [6.07, 6.45) is 6.57. The predicted molar refractivity (Wildman–Crippen MR) is 81.9 cm³/mol. The normalized spacial score (nSPS) is 20.5. The van der Waals surface area contributed by atoms with Gasteiger partial charge in [0.15, 0.2) is 0 Å². The summed E-state index contributed by atoms with van der Waals surface area (Å²) in [6, 6.07) is 0.426. The molecule has 1 aliphatic heterocycles. The van der Waals surface area contributed by atoms with Gasteiger partial charge >= 0.3 is 0 Å². The summed E-state index contributed by atoms with van der Waals surface area (Å²) in [7, 11) is 2.03. The third-order valence-electron chi connectivity index (χ3n) is 4.41. The van der Waals surface area contributed by atoms with E-state index in [-0.39, 0.29) is 0 Å². The second-order valence-electron chi connectivity index (χ2n) is 5.88. The van der Waals surface area contributed by atoms with E-state index in [2.05, 4.69) is 31.2 Å². The molecule has 2 heterocycles. The molecule has 2 unspecified atom stereocenters. The van der Waals surface area contributed by atoms with Gasteiger partial charge < -0.3 is 10.1 Å². The zero-order valence-corrected chi connectivity index (χ0v) is 13.4. The van der Waals surface area contributed by atoms with Gasteiger partial charge in [-0.3, -0.25) is 4.68 Å². The molecule has 4 heteroatoms. The molecule has 0 aliphatic carbocycles. The zero-order valence-electron chi connectivity index (χ0n) is 13.4. The highest BCUT2D eigenvalue weighted by atomic mass is 16.5. The van der Waals surface area contributed by atoms with Crippen molar-refractivity contribution in [3.05, 3.63) is 17.0 Å². The Kier molecular flexibility index (Phi) is 5.61. The summed E-state index contributed by atoms with van der Waals surface area (Å²) in [4.78, 5) is 0. The highest BCUT2D eigenvalue weighted by molar-refractivity contribution is 5.28. The van der Waals surface area contributed by atoms with E-state index in [0.29, 0.717) is 12.1 Å². The van der Waals surface area contributed by atoms with Crippen molar-refractivity contribution in [1.29, 1.82) is 0 Å². The third-order valence-corrected chi connectivity index (χ3v) is 4.41. The SMILES string of the molecule is CCNC(CCCC1CCCO1)c1c(C)nn(C)c1C. The van der Waals surface area contributed by atoms with Crippen molar-refractivity contribution in [2.75, 3.05) is 13.2 Å². The van der Waals surface area contributed by atoms with Gasteiger partial charge in [-0.1, -0.05) is 6.92 Å². The molecule has 4 nitrogen and oxygen atoms in total. The maximum atomic E-state index is 5.72. The first-order chi connectivity index (χ1) is 9.63. The fourth-order valence-corrected chi connectivity index (χ4v) is 3.31. The van der Waals surface area contributed by atoms with E-state index in [1.54, 1.807) is 0 Å². The molecule has 2 rings (SSSR count). The van der Waals surface area contributed by atoms with E-state index in [1.165, 1.54) is 43.4 Å². The molecule has 1 saturated heterocycles. The largest absolute Gasteiger partial charge is 0.378 e. The Balaban J connectivity index is 1.95. The van der Waals surface area contributed by atoms with Gasteiger partial charge in [0.25, 0.3) is 0 Å². The molecule has 0 saturated carbocycles. The Morgan fingerprint density at radius 2 is 2.25 bits per heavy atom. The minimum absolute atomic E-state index is 0.426. The van der Waals surface area contributed by atoms with Crippen LogP contribution in [0.3, 0.4) is 0 Å². The average molecular weight is 279 g/mol. The van der Waals surface area contributed by atoms with Crippen LogP contribution in [0.15, 0.2) is 0 Å². The lowest BCUT2D eigenvalue weighted by atomic mass is 9.97. The highest BCUT2D eigenvalue weighted by Gasteiger charge is 2.21. The molecular formula is C16H29N3O. The number of nitrogens with one attached hydrogen (secondary N) is 1. The Hall–Kier alpha value is -0.870. The van der Waals surface area contributed by atoms with Crippen LogP contribution in [0.1, 0.15) is 62.0 Å². The van der Waals surface area contributed by atoms with Gasteiger partial charge in [-0.15, -0.1) is 0 Å². The van der Waals surface area contributed by atoms with Crippen molar-refractivity contribution in [3.63, 3.8) is 0 Å². The second-order valence-corrected chi connectivity index (χ2v) is 5.88. The molecule has 1 aromatic rings. The number of hydrogen-bond acceptors (Lipinski definition) is 3. The lowest BCUT2D eigenvalue weighted by Gasteiger charge is -2.19. The van der Waals surface area contributed by atoms with Crippen LogP contribution in [0.4, 0.5) is 0 Å². The third kappa shape index (κ3) is 3.61. The molecule has 20 heavy (non-hydrogen) atoms. The minimum Gasteiger partial charge on any atom is -0.378 e. The summed E-state index contributed by atoms with van der Waals surface area (Å²) in [5, 5.41) is 8.18. The molecule has 0 radical (unpaired) electrons. The molecule has 0 aromatic carbocycles. The summed E-state index contributed by atoms with van der Waals surface area (Å²) < 4.78 is 7.71. The van der Waals surface area contributed by atoms with Gasteiger partial charge in [0.2, 0.25) is 0 Å². The number of aromatic nitrogens is 2. The Bertz CT molecular complexity index is 422. The van der Waals surface area contributed by atoms with E-state index >= 15 is 0 Å². The Morgan fingerprint density at radius 1 is 1.45 bits per heavy atom. The molecule has 0 bridgehead atoms. The number of rotatable bonds is 7. The number of nitrogens with zero attached hydrogens (tertiary/aromatic N) is 2. The van der Waals surface area contributed by atoms with Crippen LogP contribution >= 0.6 is 0 Å². The van der Waals surface area contributed by atoms with Gasteiger partial charge in [-0.05, 0) is 52.5 Å².